The molecule has 0 atom stereocenters. The van der Waals surface area contributed by atoms with Crippen LogP contribution in [-0.4, -0.2) is 36.3 Å². The van der Waals surface area contributed by atoms with Crippen LogP contribution in [-0.2, 0) is 9.59 Å². The van der Waals surface area contributed by atoms with Crippen molar-refractivity contribution < 1.29 is 14.4 Å². The molecule has 1 aromatic heterocycles. The Bertz CT molecular complexity index is 1420. The smallest absolute Gasteiger partial charge is 0.271 e. The van der Waals surface area contributed by atoms with Crippen molar-refractivity contribution in [2.45, 2.75) is 26.7 Å². The predicted molar refractivity (Wildman–Crippen MR) is 141 cm³/mol. The normalized spacial score (nSPS) is 12.1. The molecule has 188 valence electrons. The van der Waals surface area contributed by atoms with E-state index in [1.807, 2.05) is 79.1 Å². The maximum atomic E-state index is 12.9. The van der Waals surface area contributed by atoms with Crippen molar-refractivity contribution in [2.24, 2.45) is 0 Å². The average molecular weight is 497 g/mol. The summed E-state index contributed by atoms with van der Waals surface area (Å²) in [6.45, 7) is 3.74. The number of carbonyl (C=O) groups is 3. The third kappa shape index (κ3) is 4.82. The Morgan fingerprint density at radius 1 is 0.865 bits per heavy atom. The maximum absolute atomic E-state index is 12.9. The first-order valence-electron chi connectivity index (χ1n) is 11.8. The molecule has 1 aliphatic heterocycles. The topological polar surface area (TPSA) is 110 Å². The Labute approximate surface area is 215 Å². The van der Waals surface area contributed by atoms with Crippen LogP contribution in [0.25, 0.3) is 5.69 Å². The van der Waals surface area contributed by atoms with E-state index in [1.165, 1.54) is 0 Å². The number of aromatic nitrogens is 1. The number of ketones is 1. The number of fused-ring (bicyclic) bond motifs is 1. The van der Waals surface area contributed by atoms with Crippen LogP contribution in [0.2, 0.25) is 0 Å². The highest BCUT2D eigenvalue weighted by atomic mass is 16.2. The summed E-state index contributed by atoms with van der Waals surface area (Å²) in [5.74, 6) is -0.966. The van der Waals surface area contributed by atoms with Crippen LogP contribution in [0.4, 0.5) is 11.4 Å². The number of carbonyl (C=O) groups excluding carboxylic acids is 3. The quantitative estimate of drug-likeness (QED) is 0.307. The molecule has 0 radical (unpaired) electrons. The van der Waals surface area contributed by atoms with E-state index in [9.17, 15) is 19.6 Å². The number of hydrazine groups is 1. The lowest BCUT2D eigenvalue weighted by Gasteiger charge is -2.19. The molecule has 2 aromatic carbocycles. The molecule has 0 aliphatic carbocycles. The van der Waals surface area contributed by atoms with Crippen molar-refractivity contribution in [3.8, 4) is 11.8 Å². The Morgan fingerprint density at radius 3 is 2.05 bits per heavy atom. The fourth-order valence-electron chi connectivity index (χ4n) is 4.63. The fraction of sp³-hybridized carbons (Fsp3) is 0.214. The summed E-state index contributed by atoms with van der Waals surface area (Å²) in [7, 11) is 3.58. The second-order valence-corrected chi connectivity index (χ2v) is 8.80. The van der Waals surface area contributed by atoms with E-state index in [4.69, 9.17) is 0 Å². The van der Waals surface area contributed by atoms with Crippen LogP contribution in [0.3, 0.4) is 0 Å². The van der Waals surface area contributed by atoms with Gasteiger partial charge in [-0.3, -0.25) is 25.2 Å². The van der Waals surface area contributed by atoms with Crippen LogP contribution in [0, 0.1) is 25.2 Å². The lowest BCUT2D eigenvalue weighted by atomic mass is 10.1. The Hall–Kier alpha value is -4.84. The summed E-state index contributed by atoms with van der Waals surface area (Å²) >= 11 is 0. The predicted octanol–water partition coefficient (Wildman–Crippen LogP) is 3.53. The zero-order valence-electron chi connectivity index (χ0n) is 21.2. The zero-order chi connectivity index (χ0) is 26.7. The number of allylic oxidation sites excluding steroid dienone is 1. The van der Waals surface area contributed by atoms with E-state index in [1.54, 1.807) is 30.0 Å². The van der Waals surface area contributed by atoms with Crippen molar-refractivity contribution in [1.29, 1.82) is 5.26 Å². The molecule has 0 bridgehead atoms. The van der Waals surface area contributed by atoms with E-state index in [2.05, 4.69) is 10.9 Å². The number of hydrogen-bond donors (Lipinski definition) is 2. The number of nitrogens with zero attached hydrogens (tertiary/aromatic N) is 4. The molecule has 0 saturated heterocycles. The van der Waals surface area contributed by atoms with Crippen LogP contribution in [0.5, 0.6) is 0 Å². The van der Waals surface area contributed by atoms with Crippen LogP contribution >= 0.6 is 0 Å². The molecular weight excluding hydrogens is 468 g/mol. The second-order valence-electron chi connectivity index (χ2n) is 8.80. The minimum atomic E-state index is -0.530. The van der Waals surface area contributed by atoms with Gasteiger partial charge in [-0.15, -0.1) is 0 Å². The van der Waals surface area contributed by atoms with E-state index >= 15 is 0 Å². The zero-order valence-corrected chi connectivity index (χ0v) is 21.2. The van der Waals surface area contributed by atoms with Gasteiger partial charge < -0.3 is 14.4 Å². The third-order valence-electron chi connectivity index (χ3n) is 6.44. The average Bonchev–Trinajstić information content (AvgIpc) is 3.34. The Morgan fingerprint density at radius 2 is 1.46 bits per heavy atom. The van der Waals surface area contributed by atoms with E-state index in [0.717, 1.165) is 28.5 Å². The largest absolute Gasteiger partial charge is 0.328 e. The lowest BCUT2D eigenvalue weighted by Crippen LogP contribution is -2.41. The number of para-hydroxylation sites is 3. The Balaban J connectivity index is 1.37. The molecule has 2 N–H and O–H groups in total. The standard InChI is InChI=1S/C28H28N6O3/c1-18-16-21(19(2)34(18)20-10-6-5-7-11-20)27(37)31-30-26(36)15-14-25(35)22(17-29)28-32(3)23-12-8-9-13-24(23)33(28)4/h5-13,16H,14-15H2,1-4H3,(H,30,36)(H,31,37). The van der Waals surface area contributed by atoms with Gasteiger partial charge in [0, 0.05) is 44.0 Å². The van der Waals surface area contributed by atoms with Gasteiger partial charge in [0.1, 0.15) is 17.5 Å². The minimum absolute atomic E-state index is 0.0219. The molecule has 37 heavy (non-hydrogen) atoms. The summed E-state index contributed by atoms with van der Waals surface area (Å²) in [6, 6.07) is 21.0. The SMILES string of the molecule is Cc1cc(C(=O)NNC(=O)CCC(=O)C(C#N)=C2N(C)c3ccccc3N2C)c(C)n1-c1ccccc1. The highest BCUT2D eigenvalue weighted by Gasteiger charge is 2.31. The number of Topliss-reactive ketones (excluding diaryl/α,β-unsaturated/α-hetero) is 1. The van der Waals surface area contributed by atoms with E-state index in [0.29, 0.717) is 11.4 Å². The van der Waals surface area contributed by atoms with Gasteiger partial charge in [-0.2, -0.15) is 5.26 Å². The molecule has 0 unspecified atom stereocenters. The molecule has 3 aromatic rings. The highest BCUT2D eigenvalue weighted by molar-refractivity contribution is 6.04. The van der Waals surface area contributed by atoms with Gasteiger partial charge in [-0.1, -0.05) is 30.3 Å². The van der Waals surface area contributed by atoms with Crippen molar-refractivity contribution in [1.82, 2.24) is 15.4 Å². The first-order valence-corrected chi connectivity index (χ1v) is 11.8. The maximum Gasteiger partial charge on any atom is 0.271 e. The molecule has 0 fully saturated rings. The number of rotatable bonds is 6. The summed E-state index contributed by atoms with van der Waals surface area (Å²) in [5, 5.41) is 9.73. The monoisotopic (exact) mass is 496 g/mol. The van der Waals surface area contributed by atoms with Crippen molar-refractivity contribution in [3.63, 3.8) is 0 Å². The fourth-order valence-corrected chi connectivity index (χ4v) is 4.63. The molecule has 9 heteroatoms. The summed E-state index contributed by atoms with van der Waals surface area (Å²) in [6.07, 6.45) is -0.352. The summed E-state index contributed by atoms with van der Waals surface area (Å²) < 4.78 is 1.96. The van der Waals surface area contributed by atoms with Crippen molar-refractivity contribution in [3.05, 3.63) is 89.0 Å². The van der Waals surface area contributed by atoms with Gasteiger partial charge in [0.05, 0.1) is 16.9 Å². The number of nitrogens with one attached hydrogen (secondary N) is 2. The molecule has 2 heterocycles. The van der Waals surface area contributed by atoms with Crippen LogP contribution in [0.15, 0.2) is 72.1 Å². The van der Waals surface area contributed by atoms with Gasteiger partial charge >= 0.3 is 0 Å². The lowest BCUT2D eigenvalue weighted by molar-refractivity contribution is -0.124. The molecule has 9 nitrogen and oxygen atoms in total. The first-order chi connectivity index (χ1) is 17.7. The number of amides is 2. The summed E-state index contributed by atoms with van der Waals surface area (Å²) in [5.41, 5.74) is 9.52. The number of nitriles is 1. The Kier molecular flexibility index (Phi) is 7.11. The second kappa shape index (κ2) is 10.4. The number of benzene rings is 2. The van der Waals surface area contributed by atoms with Gasteiger partial charge in [0.15, 0.2) is 5.78 Å². The molecule has 1 aliphatic rings. The summed E-state index contributed by atoms with van der Waals surface area (Å²) in [4.78, 5) is 41.6. The molecule has 2 amide bonds. The molecule has 4 rings (SSSR count). The van der Waals surface area contributed by atoms with Crippen LogP contribution < -0.4 is 20.7 Å². The van der Waals surface area contributed by atoms with E-state index in [-0.39, 0.29) is 18.4 Å². The van der Waals surface area contributed by atoms with Gasteiger partial charge in [0.25, 0.3) is 5.91 Å². The van der Waals surface area contributed by atoms with Gasteiger partial charge in [0.2, 0.25) is 5.91 Å². The molecule has 0 saturated carbocycles. The highest BCUT2D eigenvalue weighted by Crippen LogP contribution is 2.40. The van der Waals surface area contributed by atoms with Crippen molar-refractivity contribution >= 4 is 29.0 Å². The van der Waals surface area contributed by atoms with E-state index < -0.39 is 17.6 Å². The number of anilines is 2. The molecular formula is C28H28N6O3. The first kappa shape index (κ1) is 25.3. The molecule has 0 spiro atoms. The van der Waals surface area contributed by atoms with Crippen LogP contribution in [0.1, 0.15) is 34.6 Å². The van der Waals surface area contributed by atoms with Crippen molar-refractivity contribution in [2.75, 3.05) is 23.9 Å². The number of hydrogen-bond acceptors (Lipinski definition) is 6. The number of aryl methyl sites for hydroxylation is 1. The van der Waals surface area contributed by atoms with Gasteiger partial charge in [-0.05, 0) is 44.2 Å². The van der Waals surface area contributed by atoms with Gasteiger partial charge in [-0.25, -0.2) is 0 Å². The third-order valence-corrected chi connectivity index (χ3v) is 6.44. The minimum Gasteiger partial charge on any atom is -0.328 e.